The lowest BCUT2D eigenvalue weighted by Crippen LogP contribution is -2.31. The molecule has 0 aliphatic heterocycles. The maximum absolute atomic E-state index is 12.7. The van der Waals surface area contributed by atoms with Crippen LogP contribution in [0.1, 0.15) is 11.5 Å². The number of fused-ring (bicyclic) bond motifs is 1. The van der Waals surface area contributed by atoms with E-state index < -0.39 is 0 Å². The molecule has 0 fully saturated rings. The van der Waals surface area contributed by atoms with E-state index in [-0.39, 0.29) is 11.7 Å². The SMILES string of the molecule is O=C(CSc1nc2ccccc2o1)N(Cc1ccco1)Cc1ccco1. The van der Waals surface area contributed by atoms with Crippen molar-refractivity contribution in [2.45, 2.75) is 18.3 Å². The van der Waals surface area contributed by atoms with E-state index in [0.29, 0.717) is 23.9 Å². The first kappa shape index (κ1) is 16.5. The van der Waals surface area contributed by atoms with Gasteiger partial charge in [0.15, 0.2) is 5.58 Å². The molecule has 0 spiro atoms. The second-order valence-corrected chi connectivity index (χ2v) is 6.57. The average molecular weight is 368 g/mol. The van der Waals surface area contributed by atoms with Gasteiger partial charge in [-0.25, -0.2) is 4.98 Å². The summed E-state index contributed by atoms with van der Waals surface area (Å²) in [6.45, 7) is 0.751. The number of hydrogen-bond donors (Lipinski definition) is 0. The van der Waals surface area contributed by atoms with Crippen LogP contribution >= 0.6 is 11.8 Å². The molecule has 4 aromatic rings. The summed E-state index contributed by atoms with van der Waals surface area (Å²) >= 11 is 1.28. The molecule has 132 valence electrons. The zero-order valence-electron chi connectivity index (χ0n) is 13.8. The van der Waals surface area contributed by atoms with E-state index in [1.54, 1.807) is 29.6 Å². The summed E-state index contributed by atoms with van der Waals surface area (Å²) in [6.07, 6.45) is 3.19. The number of rotatable bonds is 7. The molecule has 1 aromatic carbocycles. The van der Waals surface area contributed by atoms with Crippen molar-refractivity contribution in [2.24, 2.45) is 0 Å². The van der Waals surface area contributed by atoms with Gasteiger partial charge in [0.05, 0.1) is 31.4 Å². The largest absolute Gasteiger partial charge is 0.467 e. The summed E-state index contributed by atoms with van der Waals surface area (Å²) in [7, 11) is 0. The van der Waals surface area contributed by atoms with Crippen LogP contribution in [0.2, 0.25) is 0 Å². The Labute approximate surface area is 153 Å². The van der Waals surface area contributed by atoms with Gasteiger partial charge in [0.2, 0.25) is 5.91 Å². The van der Waals surface area contributed by atoms with Gasteiger partial charge >= 0.3 is 0 Å². The van der Waals surface area contributed by atoms with Crippen molar-refractivity contribution in [3.05, 3.63) is 72.6 Å². The number of benzene rings is 1. The lowest BCUT2D eigenvalue weighted by molar-refractivity contribution is -0.130. The monoisotopic (exact) mass is 368 g/mol. The summed E-state index contributed by atoms with van der Waals surface area (Å²) in [6, 6.07) is 14.8. The highest BCUT2D eigenvalue weighted by molar-refractivity contribution is 7.99. The number of thioether (sulfide) groups is 1. The molecule has 7 heteroatoms. The van der Waals surface area contributed by atoms with Crippen molar-refractivity contribution in [3.8, 4) is 0 Å². The third-order valence-electron chi connectivity index (χ3n) is 3.80. The quantitative estimate of drug-likeness (QED) is 0.452. The molecule has 0 saturated carbocycles. The lowest BCUT2D eigenvalue weighted by Gasteiger charge is -2.20. The minimum Gasteiger partial charge on any atom is -0.467 e. The predicted molar refractivity (Wildman–Crippen MR) is 96.4 cm³/mol. The highest BCUT2D eigenvalue weighted by atomic mass is 32.2. The van der Waals surface area contributed by atoms with Crippen molar-refractivity contribution >= 4 is 28.8 Å². The van der Waals surface area contributed by atoms with Crippen LogP contribution < -0.4 is 0 Å². The highest BCUT2D eigenvalue weighted by Crippen LogP contribution is 2.24. The minimum absolute atomic E-state index is 0.0509. The molecule has 4 rings (SSSR count). The van der Waals surface area contributed by atoms with Gasteiger partial charge in [-0.1, -0.05) is 23.9 Å². The Morgan fingerprint density at radius 2 is 1.65 bits per heavy atom. The van der Waals surface area contributed by atoms with E-state index in [9.17, 15) is 4.79 Å². The van der Waals surface area contributed by atoms with Crippen LogP contribution in [0, 0.1) is 0 Å². The van der Waals surface area contributed by atoms with E-state index in [0.717, 1.165) is 17.0 Å². The molecule has 0 unspecified atom stereocenters. The van der Waals surface area contributed by atoms with E-state index in [4.69, 9.17) is 13.3 Å². The predicted octanol–water partition coefficient (Wildman–Crippen LogP) is 4.33. The van der Waals surface area contributed by atoms with Crippen LogP contribution in [0.3, 0.4) is 0 Å². The molecular weight excluding hydrogens is 352 g/mol. The van der Waals surface area contributed by atoms with Gasteiger partial charge in [-0.3, -0.25) is 4.79 Å². The standard InChI is InChI=1S/C19H16N2O4S/c22-18(13-26-19-20-16-7-1-2-8-17(16)25-19)21(11-14-5-3-9-23-14)12-15-6-4-10-24-15/h1-10H,11-13H2. The molecule has 6 nitrogen and oxygen atoms in total. The number of carbonyl (C=O) groups excluding carboxylic acids is 1. The number of amides is 1. The van der Waals surface area contributed by atoms with Crippen molar-refractivity contribution < 1.29 is 18.0 Å². The maximum Gasteiger partial charge on any atom is 0.257 e. The van der Waals surface area contributed by atoms with Crippen LogP contribution in [-0.2, 0) is 17.9 Å². The fraction of sp³-hybridized carbons (Fsp3) is 0.158. The third-order valence-corrected chi connectivity index (χ3v) is 4.61. The molecule has 0 N–H and O–H groups in total. The van der Waals surface area contributed by atoms with Crippen LogP contribution in [0.4, 0.5) is 0 Å². The molecule has 0 bridgehead atoms. The average Bonchev–Trinajstić information content (AvgIpc) is 3.40. The smallest absolute Gasteiger partial charge is 0.257 e. The molecule has 0 radical (unpaired) electrons. The zero-order valence-corrected chi connectivity index (χ0v) is 14.6. The molecular formula is C19H16N2O4S. The summed E-state index contributed by atoms with van der Waals surface area (Å²) in [5, 5.41) is 0.482. The maximum atomic E-state index is 12.7. The van der Waals surface area contributed by atoms with Crippen molar-refractivity contribution in [1.29, 1.82) is 0 Å². The second kappa shape index (κ2) is 7.53. The van der Waals surface area contributed by atoms with E-state index in [1.165, 1.54) is 11.8 Å². The molecule has 0 saturated heterocycles. The van der Waals surface area contributed by atoms with Crippen LogP contribution in [0.25, 0.3) is 11.1 Å². The van der Waals surface area contributed by atoms with Crippen molar-refractivity contribution in [3.63, 3.8) is 0 Å². The number of furan rings is 2. The van der Waals surface area contributed by atoms with Crippen molar-refractivity contribution in [1.82, 2.24) is 9.88 Å². The first-order chi connectivity index (χ1) is 12.8. The number of nitrogens with zero attached hydrogens (tertiary/aromatic N) is 2. The summed E-state index contributed by atoms with van der Waals surface area (Å²) in [5.41, 5.74) is 1.50. The number of para-hydroxylation sites is 2. The van der Waals surface area contributed by atoms with Crippen LogP contribution in [0.15, 0.2) is 79.5 Å². The molecule has 3 heterocycles. The molecule has 3 aromatic heterocycles. The van der Waals surface area contributed by atoms with E-state index in [1.807, 2.05) is 36.4 Å². The summed E-state index contributed by atoms with van der Waals surface area (Å²) < 4.78 is 16.4. The molecule has 1 amide bonds. The zero-order chi connectivity index (χ0) is 17.8. The fourth-order valence-corrected chi connectivity index (χ4v) is 3.28. The molecule has 0 aliphatic carbocycles. The fourth-order valence-electron chi connectivity index (χ4n) is 2.54. The van der Waals surface area contributed by atoms with Gasteiger partial charge in [0, 0.05) is 0 Å². The highest BCUT2D eigenvalue weighted by Gasteiger charge is 2.18. The first-order valence-electron chi connectivity index (χ1n) is 8.09. The Balaban J connectivity index is 1.44. The lowest BCUT2D eigenvalue weighted by atomic mass is 10.3. The number of aromatic nitrogens is 1. The minimum atomic E-state index is -0.0509. The molecule has 26 heavy (non-hydrogen) atoms. The molecule has 0 atom stereocenters. The van der Waals surface area contributed by atoms with Gasteiger partial charge < -0.3 is 18.2 Å². The van der Waals surface area contributed by atoms with E-state index in [2.05, 4.69) is 4.98 Å². The Morgan fingerprint density at radius 1 is 0.962 bits per heavy atom. The third kappa shape index (κ3) is 3.83. The second-order valence-electron chi connectivity index (χ2n) is 5.64. The van der Waals surface area contributed by atoms with Gasteiger partial charge in [0.1, 0.15) is 17.0 Å². The van der Waals surface area contributed by atoms with Crippen LogP contribution in [-0.4, -0.2) is 21.5 Å². The summed E-state index contributed by atoms with van der Waals surface area (Å²) in [5.74, 6) is 1.60. The number of hydrogen-bond acceptors (Lipinski definition) is 6. The number of carbonyl (C=O) groups is 1. The normalized spacial score (nSPS) is 11.1. The van der Waals surface area contributed by atoms with Crippen LogP contribution in [0.5, 0.6) is 0 Å². The summed E-state index contributed by atoms with van der Waals surface area (Å²) in [4.78, 5) is 18.8. The topological polar surface area (TPSA) is 72.6 Å². The Bertz CT molecular complexity index is 907. The van der Waals surface area contributed by atoms with Gasteiger partial charge in [-0.15, -0.1) is 0 Å². The van der Waals surface area contributed by atoms with Gasteiger partial charge in [0.25, 0.3) is 5.22 Å². The van der Waals surface area contributed by atoms with Gasteiger partial charge in [-0.2, -0.15) is 0 Å². The Hall–Kier alpha value is -2.93. The van der Waals surface area contributed by atoms with Gasteiger partial charge in [-0.05, 0) is 36.4 Å². The Morgan fingerprint density at radius 3 is 2.27 bits per heavy atom. The first-order valence-corrected chi connectivity index (χ1v) is 9.07. The Kier molecular flexibility index (Phi) is 4.79. The van der Waals surface area contributed by atoms with E-state index >= 15 is 0 Å². The van der Waals surface area contributed by atoms with Crippen molar-refractivity contribution in [2.75, 3.05) is 5.75 Å². The number of oxazole rings is 1. The molecule has 0 aliphatic rings.